The fourth-order valence-corrected chi connectivity index (χ4v) is 6.27. The van der Waals surface area contributed by atoms with Crippen LogP contribution in [0.15, 0.2) is 51.4 Å². The Balaban J connectivity index is 1.58. The molecule has 43 heavy (non-hydrogen) atoms. The molecule has 2 aromatic carbocycles. The lowest BCUT2D eigenvalue weighted by Gasteiger charge is -2.35. The molecule has 0 bridgehead atoms. The van der Waals surface area contributed by atoms with Crippen LogP contribution >= 0.6 is 22.9 Å². The molecule has 1 amide bonds. The van der Waals surface area contributed by atoms with Gasteiger partial charge in [0, 0.05) is 23.6 Å². The number of amides is 1. The highest BCUT2D eigenvalue weighted by molar-refractivity contribution is 7.10. The Morgan fingerprint density at radius 3 is 2.60 bits per heavy atom. The molecule has 0 unspecified atom stereocenters. The number of fused-ring (bicyclic) bond motifs is 1. The van der Waals surface area contributed by atoms with E-state index in [0.29, 0.717) is 27.5 Å². The number of ether oxygens (including phenoxy) is 1. The lowest BCUT2D eigenvalue weighted by Crippen LogP contribution is -2.48. The van der Waals surface area contributed by atoms with Crippen LogP contribution in [-0.2, 0) is 17.3 Å². The number of thiazole rings is 1. The van der Waals surface area contributed by atoms with Gasteiger partial charge in [0.1, 0.15) is 11.8 Å². The average Bonchev–Trinajstić information content (AvgIpc) is 3.49. The maximum Gasteiger partial charge on any atom is 0.416 e. The summed E-state index contributed by atoms with van der Waals surface area (Å²) in [7, 11) is 0. The van der Waals surface area contributed by atoms with E-state index in [1.54, 1.807) is 39.0 Å². The van der Waals surface area contributed by atoms with Crippen LogP contribution in [-0.4, -0.2) is 51.7 Å². The second-order valence-electron chi connectivity index (χ2n) is 11.3. The van der Waals surface area contributed by atoms with Crippen LogP contribution in [0.1, 0.15) is 54.8 Å². The molecule has 1 saturated heterocycles. The van der Waals surface area contributed by atoms with Crippen molar-refractivity contribution >= 4 is 40.8 Å². The molecule has 0 radical (unpaired) electrons. The number of hydrogen-bond donors (Lipinski definition) is 1. The van der Waals surface area contributed by atoms with Gasteiger partial charge in [-0.3, -0.25) is 9.36 Å². The summed E-state index contributed by atoms with van der Waals surface area (Å²) in [6, 6.07) is 7.19. The maximum absolute atomic E-state index is 15.5. The predicted molar refractivity (Wildman–Crippen MR) is 154 cm³/mol. The number of carbonyl (C=O) groups is 1. The third-order valence-corrected chi connectivity index (χ3v) is 8.30. The van der Waals surface area contributed by atoms with E-state index in [-0.39, 0.29) is 47.0 Å². The molecule has 0 saturated carbocycles. The van der Waals surface area contributed by atoms with Gasteiger partial charge in [-0.1, -0.05) is 35.1 Å². The number of likely N-dealkylation sites (tertiary alicyclic amines) is 1. The first-order valence-electron chi connectivity index (χ1n) is 13.3. The first-order valence-corrected chi connectivity index (χ1v) is 14.5. The van der Waals surface area contributed by atoms with Crippen LogP contribution in [0.25, 0.3) is 5.57 Å². The van der Waals surface area contributed by atoms with Gasteiger partial charge in [-0.15, -0.1) is 0 Å². The molecule has 0 aliphatic carbocycles. The Bertz CT molecular complexity index is 1800. The number of piperidine rings is 1. The average molecular weight is 639 g/mol. The predicted octanol–water partition coefficient (Wildman–Crippen LogP) is 5.22. The van der Waals surface area contributed by atoms with Crippen LogP contribution in [0.3, 0.4) is 0 Å². The van der Waals surface area contributed by atoms with Crippen LogP contribution in [0.2, 0.25) is 5.02 Å². The molecule has 228 valence electrons. The Labute approximate surface area is 252 Å². The van der Waals surface area contributed by atoms with Crippen molar-refractivity contribution in [3.05, 3.63) is 83.2 Å². The summed E-state index contributed by atoms with van der Waals surface area (Å²) in [6.07, 6.45) is -5.98. The van der Waals surface area contributed by atoms with Crippen molar-refractivity contribution in [1.29, 1.82) is 0 Å². The molecule has 1 N–H and O–H groups in total. The van der Waals surface area contributed by atoms with Crippen molar-refractivity contribution in [3.8, 4) is 5.88 Å². The third-order valence-electron chi connectivity index (χ3n) is 7.06. The minimum absolute atomic E-state index is 0.00155. The third kappa shape index (κ3) is 6.47. The quantitative estimate of drug-likeness (QED) is 0.397. The SMILES string of the molecule is CC(C)(C)OC(=O)N1CC[C@H](n2c(O)c(C(Cc3ccc(Cl)cc3C(F)(F)F)=c3ccc4c(c3)C=NN=4)sc2=O)[C@@H](F)C1. The molecular weight excluding hydrogens is 612 g/mol. The molecule has 0 spiro atoms. The van der Waals surface area contributed by atoms with E-state index in [1.165, 1.54) is 23.2 Å². The number of hydrogen-bond acceptors (Lipinski definition) is 7. The number of halogens is 5. The standard InChI is InChI=1S/C29H27ClF4N4O4S/c1-28(2,3)42-26(40)37-9-8-23(21(31)14-37)38-25(39)24(43-27(38)41)19(15-5-7-22-17(10-15)13-35-36-22)11-16-4-6-18(30)12-20(16)29(32,33)34/h4-7,10,12-13,21,23,39H,8-9,11,14H2,1-3H3/t21-,23-/m0/s1. The van der Waals surface area contributed by atoms with Gasteiger partial charge in [0.15, 0.2) is 0 Å². The molecule has 2 aliphatic rings. The smallest absolute Gasteiger partial charge is 0.416 e. The highest BCUT2D eigenvalue weighted by Crippen LogP contribution is 2.39. The van der Waals surface area contributed by atoms with Crippen LogP contribution in [0.5, 0.6) is 5.88 Å². The first-order chi connectivity index (χ1) is 20.1. The number of aromatic nitrogens is 1. The second-order valence-corrected chi connectivity index (χ2v) is 12.7. The normalized spacial score (nSPS) is 19.2. The van der Waals surface area contributed by atoms with Crippen molar-refractivity contribution < 1.29 is 32.2 Å². The minimum Gasteiger partial charge on any atom is -0.493 e. The van der Waals surface area contributed by atoms with E-state index >= 15 is 4.39 Å². The first kappa shape index (κ1) is 30.7. The summed E-state index contributed by atoms with van der Waals surface area (Å²) in [5, 5.41) is 20.1. The fraction of sp³-hybridized carbons (Fsp3) is 0.379. The zero-order chi connectivity index (χ0) is 31.3. The van der Waals surface area contributed by atoms with Gasteiger partial charge in [-0.25, -0.2) is 9.18 Å². The lowest BCUT2D eigenvalue weighted by atomic mass is 9.96. The molecule has 3 heterocycles. The Morgan fingerprint density at radius 2 is 1.93 bits per heavy atom. The molecule has 8 nitrogen and oxygen atoms in total. The van der Waals surface area contributed by atoms with Crippen molar-refractivity contribution in [3.63, 3.8) is 0 Å². The minimum atomic E-state index is -4.72. The molecule has 2 atom stereocenters. The highest BCUT2D eigenvalue weighted by Gasteiger charge is 2.38. The van der Waals surface area contributed by atoms with Crippen molar-refractivity contribution in [1.82, 2.24) is 9.47 Å². The molecule has 1 fully saturated rings. The monoisotopic (exact) mass is 638 g/mol. The number of nitrogens with zero attached hydrogens (tertiary/aromatic N) is 4. The summed E-state index contributed by atoms with van der Waals surface area (Å²) >= 11 is 6.49. The van der Waals surface area contributed by atoms with E-state index in [0.717, 1.165) is 10.6 Å². The Morgan fingerprint density at radius 1 is 1.19 bits per heavy atom. The van der Waals surface area contributed by atoms with E-state index in [1.807, 2.05) is 0 Å². The number of rotatable bonds is 4. The van der Waals surface area contributed by atoms with Gasteiger partial charge < -0.3 is 14.7 Å². The number of carbonyl (C=O) groups excluding carboxylic acids is 1. The number of alkyl halides is 4. The van der Waals surface area contributed by atoms with Gasteiger partial charge in [-0.05, 0) is 67.8 Å². The van der Waals surface area contributed by atoms with Gasteiger partial charge in [0.25, 0.3) is 0 Å². The van der Waals surface area contributed by atoms with E-state index in [9.17, 15) is 27.9 Å². The second kappa shape index (κ2) is 11.4. The zero-order valence-electron chi connectivity index (χ0n) is 23.3. The molecule has 2 aliphatic heterocycles. The zero-order valence-corrected chi connectivity index (χ0v) is 24.9. The van der Waals surface area contributed by atoms with Crippen molar-refractivity contribution in [2.75, 3.05) is 13.1 Å². The van der Waals surface area contributed by atoms with Gasteiger partial charge in [0.2, 0.25) is 5.88 Å². The van der Waals surface area contributed by atoms with Crippen molar-refractivity contribution in [2.24, 2.45) is 10.2 Å². The summed E-state index contributed by atoms with van der Waals surface area (Å²) in [5.41, 5.74) is -1.05. The van der Waals surface area contributed by atoms with E-state index in [4.69, 9.17) is 16.3 Å². The largest absolute Gasteiger partial charge is 0.493 e. The summed E-state index contributed by atoms with van der Waals surface area (Å²) in [6.45, 7) is 4.77. The van der Waals surface area contributed by atoms with Gasteiger partial charge >= 0.3 is 17.1 Å². The fourth-order valence-electron chi connectivity index (χ4n) is 5.10. The summed E-state index contributed by atoms with van der Waals surface area (Å²) in [5.74, 6) is -0.565. The van der Waals surface area contributed by atoms with Gasteiger partial charge in [0.05, 0.1) is 34.6 Å². The summed E-state index contributed by atoms with van der Waals surface area (Å²) in [4.78, 5) is 26.2. The molecular formula is C29H27ClF4N4O4S. The number of aromatic hydroxyl groups is 1. The van der Waals surface area contributed by atoms with Crippen molar-refractivity contribution in [2.45, 2.75) is 57.6 Å². The Kier molecular flexibility index (Phi) is 8.16. The van der Waals surface area contributed by atoms with Crippen LogP contribution in [0, 0.1) is 0 Å². The molecule has 14 heteroatoms. The summed E-state index contributed by atoms with van der Waals surface area (Å²) < 4.78 is 63.8. The topological polar surface area (TPSA) is 96.5 Å². The van der Waals surface area contributed by atoms with Crippen LogP contribution < -0.4 is 15.4 Å². The number of benzene rings is 2. The van der Waals surface area contributed by atoms with E-state index < -0.39 is 46.4 Å². The molecule has 5 rings (SSSR count). The molecule has 3 aromatic rings. The Hall–Kier alpha value is -3.71. The van der Waals surface area contributed by atoms with E-state index in [2.05, 4.69) is 10.2 Å². The maximum atomic E-state index is 15.5. The highest BCUT2D eigenvalue weighted by atomic mass is 35.5. The molecule has 1 aromatic heterocycles. The van der Waals surface area contributed by atoms with Crippen LogP contribution in [0.4, 0.5) is 22.4 Å². The van der Waals surface area contributed by atoms with Gasteiger partial charge in [-0.2, -0.15) is 23.4 Å². The lowest BCUT2D eigenvalue weighted by molar-refractivity contribution is -0.138.